The van der Waals surface area contributed by atoms with Gasteiger partial charge in [-0.05, 0) is 56.5 Å². The summed E-state index contributed by atoms with van der Waals surface area (Å²) in [6.07, 6.45) is 6.88. The molecule has 0 saturated carbocycles. The highest BCUT2D eigenvalue weighted by Gasteiger charge is 2.35. The normalized spacial score (nSPS) is 23.7. The zero-order valence-corrected chi connectivity index (χ0v) is 17.9. The van der Waals surface area contributed by atoms with Crippen molar-refractivity contribution in [1.82, 2.24) is 19.4 Å². The first kappa shape index (κ1) is 19.0. The van der Waals surface area contributed by atoms with Gasteiger partial charge in [0.25, 0.3) is 5.56 Å². The number of piperidine rings is 2. The van der Waals surface area contributed by atoms with Gasteiger partial charge in [-0.3, -0.25) is 14.7 Å². The van der Waals surface area contributed by atoms with Crippen LogP contribution in [0.15, 0.2) is 47.4 Å². The largest absolute Gasteiger partial charge is 0.354 e. The SMILES string of the molecule is O=c1c(CN2CCCCC2)ccc2n1C[C@H]1C[C@@H]2CN(c2cnc3ccccc3n2)C1. The molecule has 31 heavy (non-hydrogen) atoms. The van der Waals surface area contributed by atoms with Gasteiger partial charge >= 0.3 is 0 Å². The summed E-state index contributed by atoms with van der Waals surface area (Å²) in [4.78, 5) is 27.6. The Hall–Kier alpha value is -2.73. The second kappa shape index (κ2) is 7.75. The van der Waals surface area contributed by atoms with E-state index < -0.39 is 0 Å². The van der Waals surface area contributed by atoms with E-state index in [2.05, 4.69) is 31.5 Å². The number of aromatic nitrogens is 3. The maximum absolute atomic E-state index is 13.3. The van der Waals surface area contributed by atoms with E-state index in [1.807, 2.05) is 30.5 Å². The minimum atomic E-state index is 0.233. The van der Waals surface area contributed by atoms with Gasteiger partial charge in [-0.15, -0.1) is 0 Å². The van der Waals surface area contributed by atoms with Crippen LogP contribution in [-0.2, 0) is 13.1 Å². The lowest BCUT2D eigenvalue weighted by Gasteiger charge is -2.43. The van der Waals surface area contributed by atoms with Crippen molar-refractivity contribution in [2.24, 2.45) is 5.92 Å². The van der Waals surface area contributed by atoms with Crippen molar-refractivity contribution in [3.8, 4) is 0 Å². The van der Waals surface area contributed by atoms with Gasteiger partial charge in [-0.25, -0.2) is 4.98 Å². The summed E-state index contributed by atoms with van der Waals surface area (Å²) in [5.41, 5.74) is 4.26. The van der Waals surface area contributed by atoms with Gasteiger partial charge in [0.05, 0.1) is 17.2 Å². The van der Waals surface area contributed by atoms with Crippen LogP contribution in [-0.4, -0.2) is 45.6 Å². The van der Waals surface area contributed by atoms with Gasteiger partial charge in [0, 0.05) is 43.4 Å². The van der Waals surface area contributed by atoms with Crippen molar-refractivity contribution in [3.05, 3.63) is 64.2 Å². The van der Waals surface area contributed by atoms with Gasteiger partial charge in [-0.1, -0.05) is 24.6 Å². The van der Waals surface area contributed by atoms with Crippen molar-refractivity contribution >= 4 is 16.9 Å². The van der Waals surface area contributed by atoms with Crippen LogP contribution in [0.5, 0.6) is 0 Å². The molecule has 5 heterocycles. The zero-order valence-electron chi connectivity index (χ0n) is 17.9. The molecule has 2 fully saturated rings. The number of anilines is 1. The predicted molar refractivity (Wildman–Crippen MR) is 122 cm³/mol. The third-order valence-corrected chi connectivity index (χ3v) is 7.29. The van der Waals surface area contributed by atoms with E-state index in [9.17, 15) is 4.79 Å². The van der Waals surface area contributed by atoms with Gasteiger partial charge in [0.1, 0.15) is 5.82 Å². The third-order valence-electron chi connectivity index (χ3n) is 7.29. The van der Waals surface area contributed by atoms with Gasteiger partial charge in [0.2, 0.25) is 0 Å². The Balaban J connectivity index is 1.27. The van der Waals surface area contributed by atoms with Gasteiger partial charge in [-0.2, -0.15) is 0 Å². The molecule has 3 aromatic rings. The highest BCUT2D eigenvalue weighted by molar-refractivity contribution is 5.75. The molecule has 0 unspecified atom stereocenters. The van der Waals surface area contributed by atoms with E-state index in [1.54, 1.807) is 0 Å². The van der Waals surface area contributed by atoms with Crippen molar-refractivity contribution in [2.75, 3.05) is 31.1 Å². The third kappa shape index (κ3) is 3.53. The first-order chi connectivity index (χ1) is 15.2. The molecule has 2 aromatic heterocycles. The molecule has 6 heteroatoms. The Bertz CT molecular complexity index is 1170. The van der Waals surface area contributed by atoms with E-state index >= 15 is 0 Å². The molecule has 0 aliphatic carbocycles. The Morgan fingerprint density at radius 1 is 0.935 bits per heavy atom. The molecule has 3 aliphatic rings. The molecule has 0 N–H and O–H groups in total. The number of para-hydroxylation sites is 2. The summed E-state index contributed by atoms with van der Waals surface area (Å²) in [7, 11) is 0. The van der Waals surface area contributed by atoms with Crippen molar-refractivity contribution < 1.29 is 0 Å². The fraction of sp³-hybridized carbons (Fsp3) is 0.480. The van der Waals surface area contributed by atoms with Crippen molar-refractivity contribution in [2.45, 2.75) is 44.7 Å². The summed E-state index contributed by atoms with van der Waals surface area (Å²) in [5, 5.41) is 0. The van der Waals surface area contributed by atoms with E-state index in [0.717, 1.165) is 68.1 Å². The number of pyridine rings is 1. The highest BCUT2D eigenvalue weighted by atomic mass is 16.1. The molecule has 160 valence electrons. The summed E-state index contributed by atoms with van der Waals surface area (Å²) in [6.45, 7) is 5.69. The van der Waals surface area contributed by atoms with Gasteiger partial charge in [0.15, 0.2) is 0 Å². The summed E-state index contributed by atoms with van der Waals surface area (Å²) >= 11 is 0. The number of nitrogens with zero attached hydrogens (tertiary/aromatic N) is 5. The molecule has 6 rings (SSSR count). The molecule has 6 nitrogen and oxygen atoms in total. The van der Waals surface area contributed by atoms with Crippen LogP contribution < -0.4 is 10.5 Å². The molecule has 2 bridgehead atoms. The lowest BCUT2D eigenvalue weighted by Crippen LogP contribution is -2.48. The minimum absolute atomic E-state index is 0.233. The van der Waals surface area contributed by atoms with Crippen LogP contribution in [0.1, 0.15) is 42.9 Å². The molecule has 2 saturated heterocycles. The molecule has 2 atom stereocenters. The van der Waals surface area contributed by atoms with Crippen molar-refractivity contribution in [3.63, 3.8) is 0 Å². The lowest BCUT2D eigenvalue weighted by atomic mass is 9.83. The summed E-state index contributed by atoms with van der Waals surface area (Å²) < 4.78 is 2.08. The van der Waals surface area contributed by atoms with Crippen LogP contribution in [0, 0.1) is 5.92 Å². The van der Waals surface area contributed by atoms with Crippen LogP contribution >= 0.6 is 0 Å². The number of hydrogen-bond acceptors (Lipinski definition) is 5. The topological polar surface area (TPSA) is 54.3 Å². The number of benzene rings is 1. The average Bonchev–Trinajstić information content (AvgIpc) is 2.81. The lowest BCUT2D eigenvalue weighted by molar-refractivity contribution is 0.218. The second-order valence-corrected chi connectivity index (χ2v) is 9.46. The highest BCUT2D eigenvalue weighted by Crippen LogP contribution is 2.36. The van der Waals surface area contributed by atoms with Gasteiger partial charge < -0.3 is 9.47 Å². The zero-order chi connectivity index (χ0) is 20.8. The summed E-state index contributed by atoms with van der Waals surface area (Å²) in [6, 6.07) is 12.3. The molecule has 0 spiro atoms. The minimum Gasteiger partial charge on any atom is -0.354 e. The maximum atomic E-state index is 13.3. The monoisotopic (exact) mass is 415 g/mol. The fourth-order valence-electron chi connectivity index (χ4n) is 5.76. The first-order valence-electron chi connectivity index (χ1n) is 11.7. The van der Waals surface area contributed by atoms with E-state index in [-0.39, 0.29) is 5.56 Å². The molecular formula is C25H29N5O. The van der Waals surface area contributed by atoms with Crippen LogP contribution in [0.3, 0.4) is 0 Å². The van der Waals surface area contributed by atoms with E-state index in [4.69, 9.17) is 4.98 Å². The standard InChI is InChI=1S/C25H29N5O/c31-25-19(16-28-10-4-1-5-11-28)8-9-23-20-12-18(15-30(23)25)14-29(17-20)24-13-26-21-6-2-3-7-22(21)27-24/h2-3,6-9,13,18,20H,1,4-5,10-12,14-17H2/t18-,20+/m0/s1. The van der Waals surface area contributed by atoms with Crippen LogP contribution in [0.4, 0.5) is 5.82 Å². The molecular weight excluding hydrogens is 386 g/mol. The first-order valence-corrected chi connectivity index (χ1v) is 11.7. The molecule has 3 aliphatic heterocycles. The summed E-state index contributed by atoms with van der Waals surface area (Å²) in [5.74, 6) is 1.80. The fourth-order valence-corrected chi connectivity index (χ4v) is 5.76. The maximum Gasteiger partial charge on any atom is 0.255 e. The quantitative estimate of drug-likeness (QED) is 0.656. The average molecular weight is 416 g/mol. The number of hydrogen-bond donors (Lipinski definition) is 0. The predicted octanol–water partition coefficient (Wildman–Crippen LogP) is 3.40. The second-order valence-electron chi connectivity index (χ2n) is 9.46. The Morgan fingerprint density at radius 2 is 1.77 bits per heavy atom. The van der Waals surface area contributed by atoms with Crippen LogP contribution in [0.2, 0.25) is 0 Å². The Labute approximate surface area is 182 Å². The Morgan fingerprint density at radius 3 is 2.65 bits per heavy atom. The number of fused-ring (bicyclic) bond motifs is 5. The smallest absolute Gasteiger partial charge is 0.255 e. The van der Waals surface area contributed by atoms with Crippen LogP contribution in [0.25, 0.3) is 11.0 Å². The van der Waals surface area contributed by atoms with E-state index in [1.165, 1.54) is 25.0 Å². The number of rotatable bonds is 3. The number of likely N-dealkylation sites (tertiary alicyclic amines) is 1. The Kier molecular flexibility index (Phi) is 4.75. The molecule has 1 aromatic carbocycles. The molecule has 0 amide bonds. The molecule has 0 radical (unpaired) electrons. The van der Waals surface area contributed by atoms with Crippen molar-refractivity contribution in [1.29, 1.82) is 0 Å². The van der Waals surface area contributed by atoms with E-state index in [0.29, 0.717) is 11.8 Å².